The van der Waals surface area contributed by atoms with Gasteiger partial charge in [0.25, 0.3) is 0 Å². The van der Waals surface area contributed by atoms with Crippen LogP contribution in [0.1, 0.15) is 44.5 Å². The van der Waals surface area contributed by atoms with E-state index < -0.39 is 5.97 Å². The second-order valence-corrected chi connectivity index (χ2v) is 8.43. The number of aromatic carboxylic acids is 1. The molecule has 1 aromatic carbocycles. The van der Waals surface area contributed by atoms with Crippen LogP contribution in [0.2, 0.25) is 0 Å². The van der Waals surface area contributed by atoms with Gasteiger partial charge in [-0.05, 0) is 49.1 Å². The van der Waals surface area contributed by atoms with Crippen LogP contribution >= 0.6 is 11.8 Å². The molecule has 0 aromatic heterocycles. The van der Waals surface area contributed by atoms with Gasteiger partial charge >= 0.3 is 5.97 Å². The summed E-state index contributed by atoms with van der Waals surface area (Å²) in [7, 11) is 0. The lowest BCUT2D eigenvalue weighted by molar-refractivity contribution is 0.0697. The molecule has 4 unspecified atom stereocenters. The largest absolute Gasteiger partial charge is 0.478 e. The molecule has 0 saturated heterocycles. The minimum atomic E-state index is -0.910. The topological polar surface area (TPSA) is 73.4 Å². The molecule has 2 aliphatic heterocycles. The SMILES string of the molecule is CCC1=C(Nc2ccc(C(=O)O)cc2)NC(C2=CC(C)C(C)S2)NC1C. The Labute approximate surface area is 159 Å². The van der Waals surface area contributed by atoms with Crippen LogP contribution in [0, 0.1) is 5.92 Å². The van der Waals surface area contributed by atoms with Gasteiger partial charge in [-0.2, -0.15) is 0 Å². The normalized spacial score (nSPS) is 28.5. The number of thioether (sulfide) groups is 1. The summed E-state index contributed by atoms with van der Waals surface area (Å²) in [6.07, 6.45) is 3.38. The molecule has 0 aliphatic carbocycles. The molecule has 2 heterocycles. The van der Waals surface area contributed by atoms with E-state index in [1.807, 2.05) is 11.8 Å². The van der Waals surface area contributed by atoms with E-state index in [2.05, 4.69) is 49.7 Å². The molecule has 0 fully saturated rings. The van der Waals surface area contributed by atoms with Gasteiger partial charge in [0.1, 0.15) is 12.0 Å². The van der Waals surface area contributed by atoms with Crippen molar-refractivity contribution in [2.24, 2.45) is 5.92 Å². The van der Waals surface area contributed by atoms with Gasteiger partial charge in [-0.15, -0.1) is 11.8 Å². The zero-order valence-electron chi connectivity index (χ0n) is 15.7. The predicted molar refractivity (Wildman–Crippen MR) is 108 cm³/mol. The van der Waals surface area contributed by atoms with Crippen molar-refractivity contribution in [3.63, 3.8) is 0 Å². The third kappa shape index (κ3) is 3.91. The van der Waals surface area contributed by atoms with Gasteiger partial charge in [-0.3, -0.25) is 5.32 Å². The summed E-state index contributed by atoms with van der Waals surface area (Å²) in [5.74, 6) is 0.679. The van der Waals surface area contributed by atoms with Gasteiger partial charge in [0.2, 0.25) is 0 Å². The van der Waals surface area contributed by atoms with Crippen LogP contribution in [0.5, 0.6) is 0 Å². The molecule has 5 nitrogen and oxygen atoms in total. The molecule has 26 heavy (non-hydrogen) atoms. The number of hydrogen-bond acceptors (Lipinski definition) is 5. The van der Waals surface area contributed by atoms with Crippen molar-refractivity contribution >= 4 is 23.4 Å². The van der Waals surface area contributed by atoms with Gasteiger partial charge in [-0.25, -0.2) is 4.79 Å². The minimum absolute atomic E-state index is 0.0958. The number of anilines is 1. The lowest BCUT2D eigenvalue weighted by Crippen LogP contribution is -2.53. The van der Waals surface area contributed by atoms with E-state index >= 15 is 0 Å². The number of carboxylic acids is 1. The molecular formula is C20H27N3O2S. The number of carboxylic acid groups (broad SMARTS) is 1. The Morgan fingerprint density at radius 3 is 2.46 bits per heavy atom. The van der Waals surface area contributed by atoms with Crippen LogP contribution in [0.4, 0.5) is 5.69 Å². The molecule has 0 saturated carbocycles. The fraction of sp³-hybridized carbons (Fsp3) is 0.450. The zero-order valence-corrected chi connectivity index (χ0v) is 16.5. The Morgan fingerprint density at radius 2 is 1.92 bits per heavy atom. The van der Waals surface area contributed by atoms with Gasteiger partial charge in [0.05, 0.1) is 5.56 Å². The van der Waals surface area contributed by atoms with Crippen molar-refractivity contribution in [3.05, 3.63) is 52.2 Å². The molecule has 0 radical (unpaired) electrons. The first-order chi connectivity index (χ1) is 12.4. The lowest BCUT2D eigenvalue weighted by atomic mass is 10.0. The summed E-state index contributed by atoms with van der Waals surface area (Å²) >= 11 is 1.92. The van der Waals surface area contributed by atoms with E-state index in [9.17, 15) is 4.79 Å². The maximum atomic E-state index is 11.0. The van der Waals surface area contributed by atoms with E-state index in [0.717, 1.165) is 17.9 Å². The highest BCUT2D eigenvalue weighted by atomic mass is 32.2. The van der Waals surface area contributed by atoms with Crippen molar-refractivity contribution in [3.8, 4) is 0 Å². The maximum absolute atomic E-state index is 11.0. The number of nitrogens with one attached hydrogen (secondary N) is 3. The van der Waals surface area contributed by atoms with Crippen LogP contribution in [0.3, 0.4) is 0 Å². The number of rotatable bonds is 5. The van der Waals surface area contributed by atoms with Crippen LogP contribution in [0.15, 0.2) is 46.6 Å². The fourth-order valence-electron chi connectivity index (χ4n) is 3.36. The average Bonchev–Trinajstić information content (AvgIpc) is 2.94. The van der Waals surface area contributed by atoms with E-state index in [1.165, 1.54) is 10.5 Å². The minimum Gasteiger partial charge on any atom is -0.478 e. The number of carbonyl (C=O) groups is 1. The summed E-state index contributed by atoms with van der Waals surface area (Å²) < 4.78 is 0. The predicted octanol–water partition coefficient (Wildman–Crippen LogP) is 3.98. The summed E-state index contributed by atoms with van der Waals surface area (Å²) in [4.78, 5) is 12.4. The summed E-state index contributed by atoms with van der Waals surface area (Å²) in [6, 6.07) is 7.12. The Bertz CT molecular complexity index is 742. The smallest absolute Gasteiger partial charge is 0.335 e. The fourth-order valence-corrected chi connectivity index (χ4v) is 4.64. The number of hydrogen-bond donors (Lipinski definition) is 4. The van der Waals surface area contributed by atoms with Crippen LogP contribution in [-0.2, 0) is 0 Å². The molecule has 0 spiro atoms. The third-order valence-electron chi connectivity index (χ3n) is 5.11. The lowest BCUT2D eigenvalue weighted by Gasteiger charge is -2.36. The van der Waals surface area contributed by atoms with E-state index in [-0.39, 0.29) is 12.2 Å². The molecule has 4 atom stereocenters. The molecule has 6 heteroatoms. The first-order valence-electron chi connectivity index (χ1n) is 9.13. The van der Waals surface area contributed by atoms with E-state index in [4.69, 9.17) is 5.11 Å². The van der Waals surface area contributed by atoms with Crippen molar-refractivity contribution in [1.29, 1.82) is 0 Å². The van der Waals surface area contributed by atoms with Gasteiger partial charge in [0.15, 0.2) is 0 Å². The standard InChI is InChI=1S/C20H27N3O2S/c1-5-16-12(3)21-19(17-10-11(2)13(4)26-17)23-18(16)22-15-8-6-14(7-9-15)20(24)25/h6-13,19,21-23H,5H2,1-4H3,(H,24,25). The second kappa shape index (κ2) is 7.76. The highest BCUT2D eigenvalue weighted by Gasteiger charge is 2.31. The number of benzene rings is 1. The Kier molecular flexibility index (Phi) is 5.63. The van der Waals surface area contributed by atoms with Gasteiger partial charge in [0, 0.05) is 21.9 Å². The van der Waals surface area contributed by atoms with Crippen molar-refractivity contribution in [1.82, 2.24) is 10.6 Å². The molecule has 1 aromatic rings. The molecule has 3 rings (SSSR count). The third-order valence-corrected chi connectivity index (χ3v) is 6.55. The van der Waals surface area contributed by atoms with Gasteiger partial charge < -0.3 is 15.7 Å². The van der Waals surface area contributed by atoms with E-state index in [0.29, 0.717) is 16.7 Å². The molecular weight excluding hydrogens is 346 g/mol. The maximum Gasteiger partial charge on any atom is 0.335 e. The number of allylic oxidation sites excluding steroid dienone is 1. The quantitative estimate of drug-likeness (QED) is 0.626. The Balaban J connectivity index is 1.80. The van der Waals surface area contributed by atoms with Crippen molar-refractivity contribution < 1.29 is 9.90 Å². The molecule has 0 bridgehead atoms. The van der Waals surface area contributed by atoms with Crippen LogP contribution < -0.4 is 16.0 Å². The monoisotopic (exact) mass is 373 g/mol. The van der Waals surface area contributed by atoms with Crippen molar-refractivity contribution in [2.45, 2.75) is 51.6 Å². The highest BCUT2D eigenvalue weighted by Crippen LogP contribution is 2.38. The average molecular weight is 374 g/mol. The van der Waals surface area contributed by atoms with Crippen molar-refractivity contribution in [2.75, 3.05) is 5.32 Å². The Morgan fingerprint density at radius 1 is 1.23 bits per heavy atom. The second-order valence-electron chi connectivity index (χ2n) is 6.98. The zero-order chi connectivity index (χ0) is 18.8. The molecule has 2 aliphatic rings. The summed E-state index contributed by atoms with van der Waals surface area (Å²) in [6.45, 7) is 8.86. The molecule has 140 valence electrons. The first-order valence-corrected chi connectivity index (χ1v) is 10.0. The molecule has 0 amide bonds. The van der Waals surface area contributed by atoms with Crippen LogP contribution in [-0.4, -0.2) is 28.5 Å². The van der Waals surface area contributed by atoms with E-state index in [1.54, 1.807) is 24.3 Å². The first kappa shape index (κ1) is 18.9. The van der Waals surface area contributed by atoms with Gasteiger partial charge in [-0.1, -0.05) is 26.8 Å². The van der Waals surface area contributed by atoms with Crippen LogP contribution in [0.25, 0.3) is 0 Å². The summed E-state index contributed by atoms with van der Waals surface area (Å²) in [5.41, 5.74) is 2.46. The highest BCUT2D eigenvalue weighted by molar-refractivity contribution is 8.04. The summed E-state index contributed by atoms with van der Waals surface area (Å²) in [5, 5.41) is 20.4. The Hall–Kier alpha value is -1.92. The molecule has 4 N–H and O–H groups in total.